The van der Waals surface area contributed by atoms with Gasteiger partial charge in [0, 0.05) is 18.9 Å². The first-order valence-electron chi connectivity index (χ1n) is 8.83. The lowest BCUT2D eigenvalue weighted by atomic mass is 9.87. The molecule has 0 saturated carbocycles. The van der Waals surface area contributed by atoms with Crippen LogP contribution in [-0.4, -0.2) is 26.5 Å². The summed E-state index contributed by atoms with van der Waals surface area (Å²) in [5.74, 6) is -1.33. The molecular weight excluding hydrogens is 385 g/mol. The molecule has 3 aromatic rings. The van der Waals surface area contributed by atoms with Crippen molar-refractivity contribution in [1.82, 2.24) is 14.8 Å². The van der Waals surface area contributed by atoms with Gasteiger partial charge in [0.05, 0.1) is 28.9 Å². The van der Waals surface area contributed by atoms with Gasteiger partial charge in [-0.25, -0.2) is 0 Å². The predicted molar refractivity (Wildman–Crippen MR) is 97.5 cm³/mol. The summed E-state index contributed by atoms with van der Waals surface area (Å²) in [6.07, 6.45) is 0.317. The maximum Gasteiger partial charge on any atom is 0.416 e. The molecule has 0 aliphatic carbocycles. The Kier molecular flexibility index (Phi) is 4.65. The molecule has 1 atom stereocenters. The van der Waals surface area contributed by atoms with Crippen molar-refractivity contribution in [3.8, 4) is 0 Å². The fraction of sp³-hybridized carbons (Fsp3) is 0.200. The number of nitrogens with one attached hydrogen (secondary N) is 1. The van der Waals surface area contributed by atoms with E-state index < -0.39 is 23.6 Å². The van der Waals surface area contributed by atoms with Gasteiger partial charge in [-0.3, -0.25) is 19.3 Å². The highest BCUT2D eigenvalue weighted by molar-refractivity contribution is 6.10. The van der Waals surface area contributed by atoms with Crippen LogP contribution >= 0.6 is 0 Å². The molecule has 1 amide bonds. The normalized spacial score (nSPS) is 16.4. The van der Waals surface area contributed by atoms with E-state index in [4.69, 9.17) is 0 Å². The zero-order valence-corrected chi connectivity index (χ0v) is 15.0. The lowest BCUT2D eigenvalue weighted by Crippen LogP contribution is -2.27. The summed E-state index contributed by atoms with van der Waals surface area (Å²) in [5.41, 5.74) is 0.563. The summed E-state index contributed by atoms with van der Waals surface area (Å²) in [7, 11) is 0. The zero-order valence-electron chi connectivity index (χ0n) is 15.0. The smallest absolute Gasteiger partial charge is 0.319 e. The molecule has 0 spiro atoms. The highest BCUT2D eigenvalue weighted by Gasteiger charge is 2.34. The van der Waals surface area contributed by atoms with Gasteiger partial charge in [-0.2, -0.15) is 18.3 Å². The highest BCUT2D eigenvalue weighted by Crippen LogP contribution is 2.35. The van der Waals surface area contributed by atoms with Crippen LogP contribution < -0.4 is 5.32 Å². The van der Waals surface area contributed by atoms with Crippen molar-refractivity contribution >= 4 is 17.4 Å². The van der Waals surface area contributed by atoms with Crippen molar-refractivity contribution in [1.29, 1.82) is 0 Å². The number of halogens is 3. The topological polar surface area (TPSA) is 76.9 Å². The number of anilines is 1. The minimum absolute atomic E-state index is 0.235. The van der Waals surface area contributed by atoms with E-state index in [0.29, 0.717) is 24.1 Å². The van der Waals surface area contributed by atoms with Gasteiger partial charge in [0.25, 0.3) is 5.91 Å². The molecule has 1 aliphatic rings. The number of benzene rings is 1. The fourth-order valence-electron chi connectivity index (χ4n) is 3.37. The largest absolute Gasteiger partial charge is 0.416 e. The molecule has 0 radical (unpaired) electrons. The second-order valence-electron chi connectivity index (χ2n) is 6.65. The minimum atomic E-state index is -4.43. The SMILES string of the molecule is O=C(Nc1cnn2c1C(=O)C(c1ccc(C(F)(F)F)cc1)CC2)c1cccnc1. The third kappa shape index (κ3) is 3.63. The monoisotopic (exact) mass is 400 g/mol. The lowest BCUT2D eigenvalue weighted by Gasteiger charge is -2.23. The van der Waals surface area contributed by atoms with Gasteiger partial charge < -0.3 is 5.32 Å². The van der Waals surface area contributed by atoms with Gasteiger partial charge in [-0.1, -0.05) is 12.1 Å². The van der Waals surface area contributed by atoms with Gasteiger partial charge in [-0.15, -0.1) is 0 Å². The number of aryl methyl sites for hydroxylation is 1. The van der Waals surface area contributed by atoms with Gasteiger partial charge in [0.2, 0.25) is 0 Å². The molecule has 3 heterocycles. The van der Waals surface area contributed by atoms with Crippen molar-refractivity contribution in [3.63, 3.8) is 0 Å². The van der Waals surface area contributed by atoms with Crippen LogP contribution in [0.15, 0.2) is 55.0 Å². The number of amides is 1. The molecule has 1 N–H and O–H groups in total. The van der Waals surface area contributed by atoms with Crippen LogP contribution in [0.2, 0.25) is 0 Å². The molecular formula is C20H15F3N4O2. The number of pyridine rings is 1. The molecule has 4 rings (SSSR count). The van der Waals surface area contributed by atoms with E-state index in [1.54, 1.807) is 12.1 Å². The maximum absolute atomic E-state index is 13.1. The number of hydrogen-bond acceptors (Lipinski definition) is 4. The number of rotatable bonds is 3. The Morgan fingerprint density at radius 2 is 1.90 bits per heavy atom. The predicted octanol–water partition coefficient (Wildman–Crippen LogP) is 3.92. The third-order valence-corrected chi connectivity index (χ3v) is 4.83. The van der Waals surface area contributed by atoms with Crippen LogP contribution in [0.5, 0.6) is 0 Å². The lowest BCUT2D eigenvalue weighted by molar-refractivity contribution is -0.137. The van der Waals surface area contributed by atoms with E-state index >= 15 is 0 Å². The molecule has 1 unspecified atom stereocenters. The van der Waals surface area contributed by atoms with Gasteiger partial charge in [0.1, 0.15) is 5.69 Å². The van der Waals surface area contributed by atoms with Crippen LogP contribution in [0.25, 0.3) is 0 Å². The Bertz CT molecular complexity index is 1060. The average molecular weight is 400 g/mol. The molecule has 148 valence electrons. The molecule has 1 aromatic carbocycles. The summed E-state index contributed by atoms with van der Waals surface area (Å²) in [5, 5.41) is 6.81. The Morgan fingerprint density at radius 1 is 1.14 bits per heavy atom. The van der Waals surface area contributed by atoms with Gasteiger partial charge in [-0.05, 0) is 36.2 Å². The summed E-state index contributed by atoms with van der Waals surface area (Å²) >= 11 is 0. The number of fused-ring (bicyclic) bond motifs is 1. The summed E-state index contributed by atoms with van der Waals surface area (Å²) in [4.78, 5) is 29.3. The number of Topliss-reactive ketones (excluding diaryl/α,β-unsaturated/α-hetero) is 1. The minimum Gasteiger partial charge on any atom is -0.319 e. The molecule has 1 aliphatic heterocycles. The Labute approximate surface area is 163 Å². The third-order valence-electron chi connectivity index (χ3n) is 4.83. The van der Waals surface area contributed by atoms with Crippen molar-refractivity contribution in [2.45, 2.75) is 25.1 Å². The standard InChI is InChI=1S/C20H15F3N4O2/c21-20(22,23)14-5-3-12(4-6-14)15-7-9-27-17(18(15)28)16(11-25-27)26-19(29)13-2-1-8-24-10-13/h1-6,8,10-11,15H,7,9H2,(H,26,29). The number of nitrogens with zero attached hydrogens (tertiary/aromatic N) is 3. The molecule has 6 nitrogen and oxygen atoms in total. The van der Waals surface area contributed by atoms with Gasteiger partial charge in [0.15, 0.2) is 5.78 Å². The molecule has 29 heavy (non-hydrogen) atoms. The second-order valence-corrected chi connectivity index (χ2v) is 6.65. The van der Waals surface area contributed by atoms with Crippen LogP contribution in [0.3, 0.4) is 0 Å². The van der Waals surface area contributed by atoms with Crippen molar-refractivity contribution in [2.75, 3.05) is 5.32 Å². The van der Waals surface area contributed by atoms with E-state index in [-0.39, 0.29) is 17.2 Å². The quantitative estimate of drug-likeness (QED) is 0.723. The van der Waals surface area contributed by atoms with E-state index in [1.807, 2.05) is 0 Å². The van der Waals surface area contributed by atoms with E-state index in [1.165, 1.54) is 35.4 Å². The Morgan fingerprint density at radius 3 is 2.55 bits per heavy atom. The van der Waals surface area contributed by atoms with Gasteiger partial charge >= 0.3 is 6.18 Å². The number of carbonyl (C=O) groups excluding carboxylic acids is 2. The van der Waals surface area contributed by atoms with E-state index in [2.05, 4.69) is 15.4 Å². The van der Waals surface area contributed by atoms with Crippen LogP contribution in [-0.2, 0) is 12.7 Å². The van der Waals surface area contributed by atoms with Crippen LogP contribution in [0, 0.1) is 0 Å². The summed E-state index contributed by atoms with van der Waals surface area (Å²) in [6.45, 7) is 0.412. The first-order valence-corrected chi connectivity index (χ1v) is 8.83. The van der Waals surface area contributed by atoms with Crippen molar-refractivity contribution < 1.29 is 22.8 Å². The molecule has 9 heteroatoms. The average Bonchev–Trinajstić information content (AvgIpc) is 3.12. The van der Waals surface area contributed by atoms with Crippen LogP contribution in [0.4, 0.5) is 18.9 Å². The number of hydrogen-bond donors (Lipinski definition) is 1. The molecule has 0 bridgehead atoms. The highest BCUT2D eigenvalue weighted by atomic mass is 19.4. The number of aromatic nitrogens is 3. The number of carbonyl (C=O) groups is 2. The van der Waals surface area contributed by atoms with Crippen molar-refractivity contribution in [2.24, 2.45) is 0 Å². The maximum atomic E-state index is 13.1. The summed E-state index contributed by atoms with van der Waals surface area (Å²) in [6, 6.07) is 7.80. The first kappa shape index (κ1) is 18.9. The number of alkyl halides is 3. The number of ketones is 1. The Hall–Kier alpha value is -3.49. The van der Waals surface area contributed by atoms with E-state index in [0.717, 1.165) is 12.1 Å². The summed E-state index contributed by atoms with van der Waals surface area (Å²) < 4.78 is 39.9. The molecule has 0 saturated heterocycles. The Balaban J connectivity index is 1.59. The van der Waals surface area contributed by atoms with Crippen LogP contribution in [0.1, 0.15) is 44.3 Å². The second kappa shape index (κ2) is 7.16. The van der Waals surface area contributed by atoms with Crippen molar-refractivity contribution in [3.05, 3.63) is 77.4 Å². The first-order chi connectivity index (χ1) is 13.8. The molecule has 0 fully saturated rings. The fourth-order valence-corrected chi connectivity index (χ4v) is 3.37. The zero-order chi connectivity index (χ0) is 20.6. The van der Waals surface area contributed by atoms with E-state index in [9.17, 15) is 22.8 Å². The molecule has 2 aromatic heterocycles.